The van der Waals surface area contributed by atoms with Gasteiger partial charge in [0.2, 0.25) is 0 Å². The summed E-state index contributed by atoms with van der Waals surface area (Å²) in [7, 11) is 3.05. The van der Waals surface area contributed by atoms with Crippen molar-refractivity contribution < 1.29 is 28.5 Å². The fourth-order valence-electron chi connectivity index (χ4n) is 3.59. The number of rotatable bonds is 12. The van der Waals surface area contributed by atoms with E-state index >= 15 is 0 Å². The highest BCUT2D eigenvalue weighted by atomic mass is 16.5. The number of methoxy groups -OCH3 is 2. The molecule has 184 valence electrons. The first-order valence-electron chi connectivity index (χ1n) is 11.5. The van der Waals surface area contributed by atoms with Gasteiger partial charge in [-0.3, -0.25) is 9.59 Å². The van der Waals surface area contributed by atoms with Crippen molar-refractivity contribution in [2.75, 3.05) is 34.0 Å². The van der Waals surface area contributed by atoms with Gasteiger partial charge < -0.3 is 24.3 Å². The highest BCUT2D eigenvalue weighted by molar-refractivity contribution is 6.11. The fraction of sp³-hybridized carbons (Fsp3) is 0.286. The lowest BCUT2D eigenvalue weighted by Crippen LogP contribution is -2.25. The topological polar surface area (TPSA) is 83.1 Å². The zero-order chi connectivity index (χ0) is 25.2. The first kappa shape index (κ1) is 25.6. The van der Waals surface area contributed by atoms with E-state index < -0.39 is 0 Å². The van der Waals surface area contributed by atoms with E-state index in [0.717, 1.165) is 5.56 Å². The Kier molecular flexibility index (Phi) is 9.12. The molecule has 35 heavy (non-hydrogen) atoms. The third-order valence-electron chi connectivity index (χ3n) is 5.37. The van der Waals surface area contributed by atoms with Crippen LogP contribution in [-0.4, -0.2) is 45.7 Å². The quantitative estimate of drug-likeness (QED) is 0.381. The summed E-state index contributed by atoms with van der Waals surface area (Å²) in [6.45, 7) is 5.42. The third-order valence-corrected chi connectivity index (χ3v) is 5.37. The minimum atomic E-state index is -0.215. The van der Waals surface area contributed by atoms with E-state index in [1.165, 1.54) is 14.2 Å². The smallest absolute Gasteiger partial charge is 0.251 e. The van der Waals surface area contributed by atoms with Crippen LogP contribution >= 0.6 is 0 Å². The molecule has 0 aromatic heterocycles. The number of hydrogen-bond acceptors (Lipinski definition) is 6. The zero-order valence-corrected chi connectivity index (χ0v) is 20.6. The number of ketones is 1. The van der Waals surface area contributed by atoms with Gasteiger partial charge in [0.25, 0.3) is 5.91 Å². The van der Waals surface area contributed by atoms with Crippen molar-refractivity contribution in [1.29, 1.82) is 0 Å². The van der Waals surface area contributed by atoms with Crippen molar-refractivity contribution in [3.63, 3.8) is 0 Å². The van der Waals surface area contributed by atoms with Crippen molar-refractivity contribution in [2.45, 2.75) is 20.3 Å². The molecule has 0 atom stereocenters. The van der Waals surface area contributed by atoms with Gasteiger partial charge in [0.05, 0.1) is 33.0 Å². The number of carbonyl (C=O) groups is 2. The molecule has 7 nitrogen and oxygen atoms in total. The number of hydrogen-bond donors (Lipinski definition) is 1. The molecule has 0 aliphatic rings. The van der Waals surface area contributed by atoms with Gasteiger partial charge in [-0.05, 0) is 68.3 Å². The highest BCUT2D eigenvalue weighted by Crippen LogP contribution is 2.29. The van der Waals surface area contributed by atoms with Crippen LogP contribution in [0.1, 0.15) is 45.7 Å². The number of nitrogens with one attached hydrogen (secondary N) is 1. The maximum atomic E-state index is 13.0. The molecule has 0 saturated carbocycles. The van der Waals surface area contributed by atoms with Crippen LogP contribution in [0.3, 0.4) is 0 Å². The van der Waals surface area contributed by atoms with Crippen LogP contribution in [0, 0.1) is 0 Å². The fourth-order valence-corrected chi connectivity index (χ4v) is 3.59. The molecule has 1 amide bonds. The molecule has 1 N–H and O–H groups in total. The van der Waals surface area contributed by atoms with E-state index in [1.54, 1.807) is 42.5 Å². The van der Waals surface area contributed by atoms with Gasteiger partial charge in [0.15, 0.2) is 17.3 Å². The van der Waals surface area contributed by atoms with E-state index in [4.69, 9.17) is 18.9 Å². The molecule has 3 rings (SSSR count). The Hall–Kier alpha value is -4.00. The van der Waals surface area contributed by atoms with Gasteiger partial charge in [-0.25, -0.2) is 0 Å². The van der Waals surface area contributed by atoms with Crippen LogP contribution in [-0.2, 0) is 6.42 Å². The molecule has 0 heterocycles. The number of ether oxygens (including phenoxy) is 4. The molecule has 0 aliphatic heterocycles. The molecule has 0 fully saturated rings. The predicted octanol–water partition coefficient (Wildman–Crippen LogP) is 4.70. The summed E-state index contributed by atoms with van der Waals surface area (Å²) in [5.74, 6) is 2.01. The lowest BCUT2D eigenvalue weighted by atomic mass is 10.0. The van der Waals surface area contributed by atoms with E-state index in [9.17, 15) is 9.59 Å². The summed E-state index contributed by atoms with van der Waals surface area (Å²) in [5, 5.41) is 2.92. The minimum absolute atomic E-state index is 0.209. The number of amides is 1. The molecule has 3 aromatic carbocycles. The summed E-state index contributed by atoms with van der Waals surface area (Å²) in [4.78, 5) is 25.6. The van der Waals surface area contributed by atoms with E-state index in [2.05, 4.69) is 5.32 Å². The summed E-state index contributed by atoms with van der Waals surface area (Å²) in [6, 6.07) is 17.4. The van der Waals surface area contributed by atoms with E-state index in [1.807, 2.05) is 32.0 Å². The summed E-state index contributed by atoms with van der Waals surface area (Å²) in [6.07, 6.45) is 0.643. The summed E-state index contributed by atoms with van der Waals surface area (Å²) < 4.78 is 21.8. The Morgan fingerprint density at radius 2 is 1.40 bits per heavy atom. The maximum Gasteiger partial charge on any atom is 0.251 e. The second kappa shape index (κ2) is 12.5. The number of carbonyl (C=O) groups excluding carboxylic acids is 2. The van der Waals surface area contributed by atoms with Gasteiger partial charge in [0, 0.05) is 17.7 Å². The van der Waals surface area contributed by atoms with Crippen LogP contribution in [0.4, 0.5) is 0 Å². The standard InChI is InChI=1S/C28H31NO6/c1-5-34-25-13-7-19(17-26(25)35-6-2)15-16-29-28(31)21-10-8-20(9-11-21)27(30)23-18-22(32-3)12-14-24(23)33-4/h7-14,17-18H,5-6,15-16H2,1-4H3,(H,29,31). The molecule has 3 aromatic rings. The maximum absolute atomic E-state index is 13.0. The Balaban J connectivity index is 1.62. The second-order valence-corrected chi connectivity index (χ2v) is 7.63. The van der Waals surface area contributed by atoms with Crippen molar-refractivity contribution in [3.05, 3.63) is 82.9 Å². The normalized spacial score (nSPS) is 10.4. The molecule has 0 spiro atoms. The van der Waals surface area contributed by atoms with Crippen molar-refractivity contribution in [2.24, 2.45) is 0 Å². The lowest BCUT2D eigenvalue weighted by molar-refractivity contribution is 0.0952. The van der Waals surface area contributed by atoms with Crippen LogP contribution in [0.2, 0.25) is 0 Å². The van der Waals surface area contributed by atoms with E-state index in [-0.39, 0.29) is 11.7 Å². The highest BCUT2D eigenvalue weighted by Gasteiger charge is 2.16. The zero-order valence-electron chi connectivity index (χ0n) is 20.6. The van der Waals surface area contributed by atoms with Gasteiger partial charge in [0.1, 0.15) is 11.5 Å². The van der Waals surface area contributed by atoms with Gasteiger partial charge in [-0.15, -0.1) is 0 Å². The molecular formula is C28H31NO6. The first-order valence-corrected chi connectivity index (χ1v) is 11.5. The van der Waals surface area contributed by atoms with Crippen LogP contribution in [0.5, 0.6) is 23.0 Å². The molecule has 7 heteroatoms. The largest absolute Gasteiger partial charge is 0.497 e. The van der Waals surface area contributed by atoms with Crippen LogP contribution in [0.15, 0.2) is 60.7 Å². The van der Waals surface area contributed by atoms with Gasteiger partial charge >= 0.3 is 0 Å². The lowest BCUT2D eigenvalue weighted by Gasteiger charge is -2.13. The monoisotopic (exact) mass is 477 g/mol. The van der Waals surface area contributed by atoms with Crippen molar-refractivity contribution >= 4 is 11.7 Å². The van der Waals surface area contributed by atoms with Gasteiger partial charge in [-0.2, -0.15) is 0 Å². The SMILES string of the molecule is CCOc1ccc(CCNC(=O)c2ccc(C(=O)c3cc(OC)ccc3OC)cc2)cc1OCC. The molecule has 0 bridgehead atoms. The Bertz CT molecular complexity index is 1160. The van der Waals surface area contributed by atoms with Crippen LogP contribution < -0.4 is 24.3 Å². The molecule has 0 radical (unpaired) electrons. The van der Waals surface area contributed by atoms with E-state index in [0.29, 0.717) is 65.9 Å². The molecule has 0 unspecified atom stereocenters. The second-order valence-electron chi connectivity index (χ2n) is 7.63. The predicted molar refractivity (Wildman–Crippen MR) is 134 cm³/mol. The van der Waals surface area contributed by atoms with Crippen LogP contribution in [0.25, 0.3) is 0 Å². The van der Waals surface area contributed by atoms with Gasteiger partial charge in [-0.1, -0.05) is 18.2 Å². The average molecular weight is 478 g/mol. The Morgan fingerprint density at radius 3 is 2.06 bits per heavy atom. The first-order chi connectivity index (χ1) is 17.0. The third kappa shape index (κ3) is 6.53. The average Bonchev–Trinajstić information content (AvgIpc) is 2.89. The summed E-state index contributed by atoms with van der Waals surface area (Å²) >= 11 is 0. The molecule has 0 aliphatic carbocycles. The Morgan fingerprint density at radius 1 is 0.743 bits per heavy atom. The summed E-state index contributed by atoms with van der Waals surface area (Å²) in [5.41, 5.74) is 2.35. The van der Waals surface area contributed by atoms with Crippen molar-refractivity contribution in [3.8, 4) is 23.0 Å². The molecule has 0 saturated heterocycles. The van der Waals surface area contributed by atoms with Crippen molar-refractivity contribution in [1.82, 2.24) is 5.32 Å². The number of benzene rings is 3. The molecular weight excluding hydrogens is 446 g/mol. The minimum Gasteiger partial charge on any atom is -0.497 e. The Labute approximate surface area is 206 Å².